The van der Waals surface area contributed by atoms with Crippen LogP contribution < -0.4 is 4.74 Å². The fourth-order valence-electron chi connectivity index (χ4n) is 5.15. The van der Waals surface area contributed by atoms with E-state index in [1.165, 1.54) is 0 Å². The van der Waals surface area contributed by atoms with Crippen LogP contribution >= 0.6 is 0 Å². The first kappa shape index (κ1) is 42.5. The van der Waals surface area contributed by atoms with Crippen LogP contribution in [-0.2, 0) is 24.4 Å². The van der Waals surface area contributed by atoms with Crippen LogP contribution in [0.5, 0.6) is 5.88 Å². The third kappa shape index (κ3) is 9.15. The third-order valence-electron chi connectivity index (χ3n) is 11.7. The van der Waals surface area contributed by atoms with Crippen molar-refractivity contribution in [3.8, 4) is 11.8 Å². The van der Waals surface area contributed by atoms with E-state index in [0.717, 1.165) is 25.0 Å². The molecule has 0 radical (unpaired) electrons. The summed E-state index contributed by atoms with van der Waals surface area (Å²) in [6.45, 7) is 40.7. The van der Waals surface area contributed by atoms with E-state index in [1.807, 2.05) is 10.8 Å². The minimum atomic E-state index is -2.38. The molecule has 1 fully saturated rings. The molecule has 292 valence electrons. The average molecular weight is 774 g/mol. The van der Waals surface area contributed by atoms with Gasteiger partial charge in [-0.15, -0.1) is 5.10 Å². The molecule has 3 aromatic rings. The second kappa shape index (κ2) is 15.5. The molecule has 3 aromatic heterocycles. The zero-order chi connectivity index (χ0) is 39.1. The summed E-state index contributed by atoms with van der Waals surface area (Å²) in [5.74, 6) is 0.659. The van der Waals surface area contributed by atoms with Crippen molar-refractivity contribution in [2.24, 2.45) is 0 Å². The molecule has 15 heteroatoms. The molecule has 4 heterocycles. The predicted molar refractivity (Wildman–Crippen MR) is 216 cm³/mol. The Balaban J connectivity index is 1.91. The fourth-order valence-corrected chi connectivity index (χ4v) is 8.77. The Morgan fingerprint density at radius 2 is 1.46 bits per heavy atom. The molecule has 0 aromatic carbocycles. The highest BCUT2D eigenvalue weighted by Crippen LogP contribution is 2.47. The van der Waals surface area contributed by atoms with Crippen LogP contribution in [0.25, 0.3) is 17.1 Å². The maximum absolute atomic E-state index is 7.40. The van der Waals surface area contributed by atoms with Gasteiger partial charge in [0.1, 0.15) is 24.9 Å². The highest BCUT2D eigenvalue weighted by molar-refractivity contribution is 6.75. The topological polar surface area (TPSA) is 120 Å². The van der Waals surface area contributed by atoms with Crippen molar-refractivity contribution in [2.45, 2.75) is 167 Å². The zero-order valence-electron chi connectivity index (χ0n) is 35.0. The van der Waals surface area contributed by atoms with Gasteiger partial charge < -0.3 is 22.8 Å². The normalized spacial score (nSPS) is 20.9. The number of aryl methyl sites for hydroxylation is 1. The molecule has 1 aliphatic heterocycles. The monoisotopic (exact) mass is 773 g/mol. The van der Waals surface area contributed by atoms with E-state index in [9.17, 15) is 0 Å². The van der Waals surface area contributed by atoms with Crippen molar-refractivity contribution in [2.75, 3.05) is 13.2 Å². The number of imidazole rings is 1. The highest BCUT2D eigenvalue weighted by atomic mass is 28.4. The van der Waals surface area contributed by atoms with Gasteiger partial charge in [-0.25, -0.2) is 4.98 Å². The molecule has 0 unspecified atom stereocenters. The quantitative estimate of drug-likeness (QED) is 0.109. The number of ether oxygens (including phenoxy) is 2. The summed E-state index contributed by atoms with van der Waals surface area (Å²) >= 11 is 0. The van der Waals surface area contributed by atoms with Crippen LogP contribution in [0.15, 0.2) is 25.2 Å². The first-order chi connectivity index (χ1) is 23.8. The zero-order valence-corrected chi connectivity index (χ0v) is 38.0. The lowest BCUT2D eigenvalue weighted by atomic mass is 10.1. The summed E-state index contributed by atoms with van der Waals surface area (Å²) in [5.41, 5.74) is 1.93. The van der Waals surface area contributed by atoms with Gasteiger partial charge in [0.2, 0.25) is 5.88 Å². The summed E-state index contributed by atoms with van der Waals surface area (Å²) in [6.07, 6.45) is 6.35. The van der Waals surface area contributed by atoms with E-state index >= 15 is 0 Å². The number of unbranched alkanes of at least 4 members (excludes halogenated alkanes) is 1. The maximum atomic E-state index is 7.40. The first-order valence-electron chi connectivity index (χ1n) is 18.9. The second-order valence-corrected chi connectivity index (χ2v) is 33.2. The second-order valence-electron chi connectivity index (χ2n) is 18.8. The molecule has 4 atom stereocenters. The van der Waals surface area contributed by atoms with Crippen LogP contribution in [0.3, 0.4) is 0 Å². The van der Waals surface area contributed by atoms with Crippen molar-refractivity contribution in [3.05, 3.63) is 30.9 Å². The van der Waals surface area contributed by atoms with Crippen LogP contribution in [0.4, 0.5) is 0 Å². The summed E-state index contributed by atoms with van der Waals surface area (Å²) in [6, 6.07) is 0. The van der Waals surface area contributed by atoms with Crippen molar-refractivity contribution in [3.63, 3.8) is 0 Å². The third-order valence-corrected chi connectivity index (χ3v) is 25.1. The number of hydrogen-bond acceptors (Lipinski definition) is 10. The average Bonchev–Trinajstić information content (AvgIpc) is 3.74. The SMILES string of the molecule is C=CCOc1nc(-n2cc(CCCC)nn2)nc2c1ncn2[C@@H]1O[C@H](CO[Si](C)(C)C(C)(C)C)[C@@H](O[Si](C)(C)C(C)(C)C)[C@H]1O[Si](C)(C)C(C)(C)C. The van der Waals surface area contributed by atoms with Crippen LogP contribution in [0.2, 0.25) is 54.4 Å². The smallest absolute Gasteiger partial charge is 0.257 e. The standard InChI is InChI=1S/C37H67N7O5Si3/c1-18-20-21-26-23-44(42-41-26)34-39-31-28(32(40-34)45-22-19-2)38-25-43(31)33-30(49-52(16,17)37(9,10)11)29(48-51(14,15)36(6,7)8)27(47-33)24-46-50(12,13)35(3,4)5/h19,23,25,27,29-30,33H,2,18,20-22,24H2,1,3-17H3/t27-,29-,30-,33-/m1/s1. The molecule has 0 aliphatic carbocycles. The van der Waals surface area contributed by atoms with Crippen molar-refractivity contribution >= 4 is 36.1 Å². The van der Waals surface area contributed by atoms with Gasteiger partial charge in [-0.05, 0) is 67.2 Å². The molecule has 1 aliphatic rings. The van der Waals surface area contributed by atoms with Crippen LogP contribution in [-0.4, -0.2) is 91.0 Å². The molecular formula is C37H67N7O5Si3. The van der Waals surface area contributed by atoms with E-state index in [-0.39, 0.29) is 21.7 Å². The highest BCUT2D eigenvalue weighted by Gasteiger charge is 2.55. The largest absolute Gasteiger partial charge is 0.472 e. The lowest BCUT2D eigenvalue weighted by Gasteiger charge is -2.44. The summed E-state index contributed by atoms with van der Waals surface area (Å²) in [7, 11) is -6.84. The van der Waals surface area contributed by atoms with E-state index in [4.69, 9.17) is 37.7 Å². The predicted octanol–water partition coefficient (Wildman–Crippen LogP) is 9.01. The molecule has 1 saturated heterocycles. The minimum absolute atomic E-state index is 0.0330. The number of fused-ring (bicyclic) bond motifs is 1. The number of rotatable bonds is 15. The molecule has 4 rings (SSSR count). The first-order valence-corrected chi connectivity index (χ1v) is 27.6. The molecule has 0 N–H and O–H groups in total. The van der Waals surface area contributed by atoms with Crippen LogP contribution in [0, 0.1) is 0 Å². The van der Waals surface area contributed by atoms with Gasteiger partial charge >= 0.3 is 0 Å². The van der Waals surface area contributed by atoms with Crippen LogP contribution in [0.1, 0.15) is 94.0 Å². The Hall–Kier alpha value is -2.28. The van der Waals surface area contributed by atoms with E-state index < -0.39 is 49.5 Å². The van der Waals surface area contributed by atoms with Gasteiger partial charge in [-0.3, -0.25) is 4.57 Å². The molecule has 52 heavy (non-hydrogen) atoms. The van der Waals surface area contributed by atoms with E-state index in [0.29, 0.717) is 29.6 Å². The van der Waals surface area contributed by atoms with Gasteiger partial charge in [0.25, 0.3) is 5.95 Å². The summed E-state index contributed by atoms with van der Waals surface area (Å²) < 4.78 is 38.4. The molecular weight excluding hydrogens is 707 g/mol. The van der Waals surface area contributed by atoms with Crippen molar-refractivity contribution < 1.29 is 22.8 Å². The molecule has 0 bridgehead atoms. The maximum Gasteiger partial charge on any atom is 0.257 e. The lowest BCUT2D eigenvalue weighted by molar-refractivity contribution is -0.0470. The van der Waals surface area contributed by atoms with Crippen molar-refractivity contribution in [1.82, 2.24) is 34.5 Å². The van der Waals surface area contributed by atoms with E-state index in [1.54, 1.807) is 17.1 Å². The Morgan fingerprint density at radius 3 is 2.02 bits per heavy atom. The fraction of sp³-hybridized carbons (Fsp3) is 0.757. The van der Waals surface area contributed by atoms with Gasteiger partial charge in [-0.1, -0.05) is 93.5 Å². The van der Waals surface area contributed by atoms with Crippen molar-refractivity contribution in [1.29, 1.82) is 0 Å². The van der Waals surface area contributed by atoms with Gasteiger partial charge in [0.05, 0.1) is 24.8 Å². The Bertz CT molecular complexity index is 1670. The van der Waals surface area contributed by atoms with Gasteiger partial charge in [-0.2, -0.15) is 14.6 Å². The molecule has 0 amide bonds. The molecule has 0 spiro atoms. The van der Waals surface area contributed by atoms with Gasteiger partial charge in [0, 0.05) is 0 Å². The Kier molecular flexibility index (Phi) is 12.6. The van der Waals surface area contributed by atoms with Gasteiger partial charge in [0.15, 0.2) is 42.3 Å². The minimum Gasteiger partial charge on any atom is -0.472 e. The number of aromatic nitrogens is 7. The molecule has 12 nitrogen and oxygen atoms in total. The Labute approximate surface area is 315 Å². The summed E-state index contributed by atoms with van der Waals surface area (Å²) in [4.78, 5) is 14.6. The summed E-state index contributed by atoms with van der Waals surface area (Å²) in [5, 5.41) is 8.71. The number of nitrogens with zero attached hydrogens (tertiary/aromatic N) is 7. The number of hydrogen-bond donors (Lipinski definition) is 0. The molecule has 0 saturated carbocycles. The van der Waals surface area contributed by atoms with E-state index in [2.05, 4.69) is 125 Å². The Morgan fingerprint density at radius 1 is 0.865 bits per heavy atom. The lowest BCUT2D eigenvalue weighted by Crippen LogP contribution is -2.54.